The van der Waals surface area contributed by atoms with Gasteiger partial charge in [-0.15, -0.1) is 5.10 Å². The van der Waals surface area contributed by atoms with Gasteiger partial charge in [-0.05, 0) is 31.2 Å². The summed E-state index contributed by atoms with van der Waals surface area (Å²) in [5, 5.41) is 11.6. The highest BCUT2D eigenvalue weighted by molar-refractivity contribution is 6.30. The lowest BCUT2D eigenvalue weighted by molar-refractivity contribution is 0.0342. The van der Waals surface area contributed by atoms with Crippen LogP contribution in [-0.4, -0.2) is 64.7 Å². The van der Waals surface area contributed by atoms with E-state index >= 15 is 0 Å². The zero-order valence-corrected chi connectivity index (χ0v) is 14.2. The predicted molar refractivity (Wildman–Crippen MR) is 90.6 cm³/mol. The molecule has 0 saturated carbocycles. The van der Waals surface area contributed by atoms with Gasteiger partial charge in [0.15, 0.2) is 5.69 Å². The monoisotopic (exact) mass is 349 g/mol. The van der Waals surface area contributed by atoms with E-state index in [1.807, 2.05) is 19.1 Å². The van der Waals surface area contributed by atoms with E-state index in [0.29, 0.717) is 10.7 Å². The van der Waals surface area contributed by atoms with Crippen LogP contribution in [-0.2, 0) is 4.74 Å². The molecule has 0 unspecified atom stereocenters. The molecule has 7 nitrogen and oxygen atoms in total. The molecule has 0 spiro atoms. The van der Waals surface area contributed by atoms with Gasteiger partial charge in [0.05, 0.1) is 25.1 Å². The Kier molecular flexibility index (Phi) is 5.44. The van der Waals surface area contributed by atoms with Crippen LogP contribution in [0.5, 0.6) is 0 Å². The van der Waals surface area contributed by atoms with Crippen molar-refractivity contribution in [1.82, 2.24) is 25.2 Å². The SMILES string of the molecule is C[C@H](CN1CCOCC1)NC(=O)c1cn(-c2ccc(Cl)cc2)nn1. The Morgan fingerprint density at radius 3 is 2.75 bits per heavy atom. The van der Waals surface area contributed by atoms with Crippen LogP contribution >= 0.6 is 11.6 Å². The van der Waals surface area contributed by atoms with Crippen molar-refractivity contribution in [3.05, 3.63) is 41.2 Å². The second kappa shape index (κ2) is 7.74. The summed E-state index contributed by atoms with van der Waals surface area (Å²) in [4.78, 5) is 14.6. The summed E-state index contributed by atoms with van der Waals surface area (Å²) in [5.74, 6) is -0.226. The third-order valence-electron chi connectivity index (χ3n) is 3.83. The van der Waals surface area contributed by atoms with E-state index in [0.717, 1.165) is 38.5 Å². The highest BCUT2D eigenvalue weighted by Crippen LogP contribution is 2.12. The minimum atomic E-state index is -0.226. The molecule has 0 radical (unpaired) electrons. The van der Waals surface area contributed by atoms with E-state index in [4.69, 9.17) is 16.3 Å². The topological polar surface area (TPSA) is 72.3 Å². The number of nitrogens with one attached hydrogen (secondary N) is 1. The standard InChI is InChI=1S/C16H20ClN5O2/c1-12(10-21-6-8-24-9-7-21)18-16(23)15-11-22(20-19-15)14-4-2-13(17)3-5-14/h2-5,11-12H,6-10H2,1H3,(H,18,23)/t12-/m1/s1. The summed E-state index contributed by atoms with van der Waals surface area (Å²) in [5.41, 5.74) is 1.09. The van der Waals surface area contributed by atoms with Crippen molar-refractivity contribution in [2.24, 2.45) is 0 Å². The number of rotatable bonds is 5. The minimum absolute atomic E-state index is 0.0243. The highest BCUT2D eigenvalue weighted by atomic mass is 35.5. The van der Waals surface area contributed by atoms with E-state index in [-0.39, 0.29) is 11.9 Å². The van der Waals surface area contributed by atoms with Crippen LogP contribution in [0.15, 0.2) is 30.5 Å². The van der Waals surface area contributed by atoms with Gasteiger partial charge in [0.1, 0.15) is 0 Å². The molecular weight excluding hydrogens is 330 g/mol. The molecule has 3 rings (SSSR count). The predicted octanol–water partition coefficient (Wildman–Crippen LogP) is 1.37. The van der Waals surface area contributed by atoms with E-state index in [1.165, 1.54) is 0 Å². The maximum absolute atomic E-state index is 12.3. The summed E-state index contributed by atoms with van der Waals surface area (Å²) in [6.07, 6.45) is 1.61. The number of morpholine rings is 1. The number of benzene rings is 1. The Hall–Kier alpha value is -1.96. The first-order chi connectivity index (χ1) is 11.6. The molecule has 128 valence electrons. The minimum Gasteiger partial charge on any atom is -0.379 e. The number of hydrogen-bond donors (Lipinski definition) is 1. The van der Waals surface area contributed by atoms with Gasteiger partial charge in [-0.2, -0.15) is 0 Å². The number of nitrogens with zero attached hydrogens (tertiary/aromatic N) is 4. The lowest BCUT2D eigenvalue weighted by atomic mass is 10.2. The highest BCUT2D eigenvalue weighted by Gasteiger charge is 2.17. The summed E-state index contributed by atoms with van der Waals surface area (Å²) < 4.78 is 6.88. The largest absolute Gasteiger partial charge is 0.379 e. The molecule has 2 aromatic rings. The van der Waals surface area contributed by atoms with Crippen LogP contribution in [0.25, 0.3) is 5.69 Å². The maximum atomic E-state index is 12.3. The number of aromatic nitrogens is 3. The number of hydrogen-bond acceptors (Lipinski definition) is 5. The summed E-state index contributed by atoms with van der Waals surface area (Å²) in [6, 6.07) is 7.20. The van der Waals surface area contributed by atoms with Crippen molar-refractivity contribution in [2.45, 2.75) is 13.0 Å². The summed E-state index contributed by atoms with van der Waals surface area (Å²) in [6.45, 7) is 6.06. The molecule has 1 fully saturated rings. The number of ether oxygens (including phenoxy) is 1. The quantitative estimate of drug-likeness (QED) is 0.882. The van der Waals surface area contributed by atoms with Crippen LogP contribution < -0.4 is 5.32 Å². The maximum Gasteiger partial charge on any atom is 0.273 e. The average molecular weight is 350 g/mol. The number of amides is 1. The van der Waals surface area contributed by atoms with Crippen molar-refractivity contribution >= 4 is 17.5 Å². The Morgan fingerprint density at radius 1 is 1.33 bits per heavy atom. The molecule has 1 amide bonds. The molecule has 1 saturated heterocycles. The first-order valence-corrected chi connectivity index (χ1v) is 8.29. The second-order valence-corrected chi connectivity index (χ2v) is 6.25. The number of carbonyl (C=O) groups is 1. The van der Waals surface area contributed by atoms with Crippen molar-refractivity contribution in [2.75, 3.05) is 32.8 Å². The van der Waals surface area contributed by atoms with E-state index in [2.05, 4.69) is 20.5 Å². The van der Waals surface area contributed by atoms with Gasteiger partial charge in [-0.1, -0.05) is 16.8 Å². The first kappa shape index (κ1) is 16.9. The molecule has 0 aliphatic carbocycles. The average Bonchev–Trinajstić information content (AvgIpc) is 3.06. The van der Waals surface area contributed by atoms with Crippen LogP contribution in [0.4, 0.5) is 0 Å². The molecule has 24 heavy (non-hydrogen) atoms. The molecule has 1 aliphatic heterocycles. The van der Waals surface area contributed by atoms with Crippen LogP contribution in [0.1, 0.15) is 17.4 Å². The van der Waals surface area contributed by atoms with Crippen LogP contribution in [0.2, 0.25) is 5.02 Å². The van der Waals surface area contributed by atoms with Gasteiger partial charge in [-0.25, -0.2) is 4.68 Å². The molecular formula is C16H20ClN5O2. The number of carbonyl (C=O) groups excluding carboxylic acids is 1. The fourth-order valence-electron chi connectivity index (χ4n) is 2.60. The molecule has 2 heterocycles. The molecule has 1 atom stereocenters. The normalized spacial score (nSPS) is 16.8. The summed E-state index contributed by atoms with van der Waals surface area (Å²) in [7, 11) is 0. The Morgan fingerprint density at radius 2 is 2.04 bits per heavy atom. The molecule has 1 aromatic heterocycles. The Balaban J connectivity index is 1.58. The lowest BCUT2D eigenvalue weighted by Crippen LogP contribution is -2.46. The number of halogens is 1. The van der Waals surface area contributed by atoms with Gasteiger partial charge in [0, 0.05) is 30.7 Å². The third kappa shape index (κ3) is 4.31. The van der Waals surface area contributed by atoms with E-state index in [9.17, 15) is 4.79 Å². The molecule has 1 N–H and O–H groups in total. The zero-order chi connectivity index (χ0) is 16.9. The van der Waals surface area contributed by atoms with E-state index in [1.54, 1.807) is 23.0 Å². The summed E-state index contributed by atoms with van der Waals surface area (Å²) >= 11 is 5.87. The second-order valence-electron chi connectivity index (χ2n) is 5.81. The Bertz CT molecular complexity index is 682. The van der Waals surface area contributed by atoms with Crippen molar-refractivity contribution < 1.29 is 9.53 Å². The van der Waals surface area contributed by atoms with Gasteiger partial charge in [-0.3, -0.25) is 9.69 Å². The fourth-order valence-corrected chi connectivity index (χ4v) is 2.73. The lowest BCUT2D eigenvalue weighted by Gasteiger charge is -2.29. The van der Waals surface area contributed by atoms with Crippen LogP contribution in [0, 0.1) is 0 Å². The van der Waals surface area contributed by atoms with Gasteiger partial charge < -0.3 is 10.1 Å². The molecule has 8 heteroatoms. The molecule has 0 bridgehead atoms. The first-order valence-electron chi connectivity index (χ1n) is 7.91. The third-order valence-corrected chi connectivity index (χ3v) is 4.08. The van der Waals surface area contributed by atoms with E-state index < -0.39 is 0 Å². The fraction of sp³-hybridized carbons (Fsp3) is 0.438. The Labute approximate surface area is 145 Å². The van der Waals surface area contributed by atoms with Crippen molar-refractivity contribution in [3.8, 4) is 5.69 Å². The van der Waals surface area contributed by atoms with Crippen LogP contribution in [0.3, 0.4) is 0 Å². The van der Waals surface area contributed by atoms with Crippen molar-refractivity contribution in [3.63, 3.8) is 0 Å². The molecule has 1 aromatic carbocycles. The smallest absolute Gasteiger partial charge is 0.273 e. The van der Waals surface area contributed by atoms with Gasteiger partial charge >= 0.3 is 0 Å². The molecule has 1 aliphatic rings. The van der Waals surface area contributed by atoms with Gasteiger partial charge in [0.2, 0.25) is 0 Å². The van der Waals surface area contributed by atoms with Crippen molar-refractivity contribution in [1.29, 1.82) is 0 Å². The zero-order valence-electron chi connectivity index (χ0n) is 13.5. The van der Waals surface area contributed by atoms with Gasteiger partial charge in [0.25, 0.3) is 5.91 Å².